The van der Waals surface area contributed by atoms with Crippen LogP contribution in [0.3, 0.4) is 0 Å². The van der Waals surface area contributed by atoms with Crippen molar-refractivity contribution in [2.45, 2.75) is 26.2 Å². The first-order valence-electron chi connectivity index (χ1n) is 10.3. The van der Waals surface area contributed by atoms with Gasteiger partial charge in [0.15, 0.2) is 0 Å². The van der Waals surface area contributed by atoms with Crippen molar-refractivity contribution in [3.8, 4) is 0 Å². The fourth-order valence-electron chi connectivity index (χ4n) is 3.29. The zero-order chi connectivity index (χ0) is 20.8. The fourth-order valence-corrected chi connectivity index (χ4v) is 3.48. The van der Waals surface area contributed by atoms with Gasteiger partial charge in [-0.05, 0) is 79.3 Å². The highest BCUT2D eigenvalue weighted by Crippen LogP contribution is 2.16. The normalized spacial score (nSPS) is 11.9. The Balaban J connectivity index is 0.000000322. The zero-order valence-corrected chi connectivity index (χ0v) is 17.8. The molecule has 2 N–H and O–H groups in total. The van der Waals surface area contributed by atoms with Crippen molar-refractivity contribution >= 4 is 58.0 Å². The second-order valence-corrected chi connectivity index (χ2v) is 7.68. The summed E-state index contributed by atoms with van der Waals surface area (Å²) in [7, 11) is 0. The van der Waals surface area contributed by atoms with Gasteiger partial charge in [-0.15, -0.1) is 11.6 Å². The summed E-state index contributed by atoms with van der Waals surface area (Å²) >= 11 is 5.38. The second-order valence-electron chi connectivity index (χ2n) is 7.30. The van der Waals surface area contributed by atoms with E-state index in [0.717, 1.165) is 50.7 Å². The lowest BCUT2D eigenvalue weighted by Gasteiger charge is -1.85. The molecule has 152 valence electrons. The van der Waals surface area contributed by atoms with Crippen molar-refractivity contribution in [3.63, 3.8) is 0 Å². The Morgan fingerprint density at radius 3 is 1.27 bits per heavy atom. The minimum atomic E-state index is 0.827. The van der Waals surface area contributed by atoms with Crippen LogP contribution < -0.4 is 0 Å². The molecule has 0 fully saturated rings. The molecule has 4 nitrogen and oxygen atoms in total. The number of hydrogen-bond donors (Lipinski definition) is 2. The van der Waals surface area contributed by atoms with Crippen LogP contribution in [0.25, 0.3) is 46.4 Å². The highest BCUT2D eigenvalue weighted by atomic mass is 35.5. The van der Waals surface area contributed by atoms with Crippen LogP contribution in [0.5, 0.6) is 0 Å². The first-order chi connectivity index (χ1) is 14.7. The molecule has 0 saturated carbocycles. The Morgan fingerprint density at radius 2 is 1.00 bits per heavy atom. The van der Waals surface area contributed by atoms with E-state index in [1.165, 1.54) is 19.3 Å². The van der Waals surface area contributed by atoms with E-state index in [1.54, 1.807) is 0 Å². The van der Waals surface area contributed by atoms with Gasteiger partial charge in [-0.25, -0.2) is 9.97 Å². The lowest BCUT2D eigenvalue weighted by Crippen LogP contribution is -1.75. The summed E-state index contributed by atoms with van der Waals surface area (Å²) in [5.74, 6) is 0.827. The molecule has 0 spiro atoms. The maximum Gasteiger partial charge on any atom is 0.0658 e. The van der Waals surface area contributed by atoms with Gasteiger partial charge in [0.05, 0.1) is 22.8 Å². The first-order valence-corrected chi connectivity index (χ1v) is 10.9. The van der Waals surface area contributed by atoms with E-state index in [1.807, 2.05) is 48.6 Å². The van der Waals surface area contributed by atoms with E-state index >= 15 is 0 Å². The monoisotopic (exact) mass is 416 g/mol. The van der Waals surface area contributed by atoms with Gasteiger partial charge in [-0.2, -0.15) is 0 Å². The van der Waals surface area contributed by atoms with Gasteiger partial charge in [0.1, 0.15) is 0 Å². The second kappa shape index (κ2) is 9.59. The van der Waals surface area contributed by atoms with Crippen molar-refractivity contribution in [3.05, 3.63) is 71.3 Å². The largest absolute Gasteiger partial charge is 0.355 e. The number of halogens is 1. The number of fused-ring (bicyclic) bond motifs is 8. The van der Waals surface area contributed by atoms with Crippen LogP contribution in [0.15, 0.2) is 48.5 Å². The molecule has 2 aliphatic rings. The Hall–Kier alpha value is -3.11. The Bertz CT molecular complexity index is 1050. The van der Waals surface area contributed by atoms with E-state index in [4.69, 9.17) is 11.6 Å². The van der Waals surface area contributed by atoms with Crippen LogP contribution >= 0.6 is 11.6 Å². The number of rotatable bonds is 3. The van der Waals surface area contributed by atoms with E-state index in [0.29, 0.717) is 0 Å². The lowest BCUT2D eigenvalue weighted by molar-refractivity contribution is 0.776. The summed E-state index contributed by atoms with van der Waals surface area (Å²) in [6.45, 7) is 2.17. The van der Waals surface area contributed by atoms with Gasteiger partial charge in [0.25, 0.3) is 0 Å². The van der Waals surface area contributed by atoms with Crippen LogP contribution in [-0.2, 0) is 0 Å². The Morgan fingerprint density at radius 1 is 0.633 bits per heavy atom. The molecule has 3 aromatic heterocycles. The molecule has 0 radical (unpaired) electrons. The van der Waals surface area contributed by atoms with Crippen molar-refractivity contribution in [2.24, 2.45) is 0 Å². The predicted molar refractivity (Wildman–Crippen MR) is 129 cm³/mol. The van der Waals surface area contributed by atoms with E-state index in [2.05, 4.69) is 51.1 Å². The third kappa shape index (κ3) is 5.28. The molecule has 0 aromatic carbocycles. The number of unbranched alkanes of at least 4 members (excludes halogenated alkanes) is 2. The van der Waals surface area contributed by atoms with Crippen molar-refractivity contribution < 1.29 is 0 Å². The van der Waals surface area contributed by atoms with Crippen molar-refractivity contribution in [1.82, 2.24) is 19.9 Å². The molecule has 5 rings (SSSR count). The standard InChI is InChI=1S/C20H14N4.C5H11Cl/c1-2-14-10-16-5-6-18(23-16)12-20-8-7-19(24-20)11-17-4-3-15(22-17)9-13(1)21-14;1-2-3-4-5-6/h1-12,21,24H;2-5H2,1H3. The average molecular weight is 417 g/mol. The van der Waals surface area contributed by atoms with Crippen molar-refractivity contribution in [2.75, 3.05) is 5.88 Å². The average Bonchev–Trinajstić information content (AvgIpc) is 3.52. The number of H-pyrrole nitrogens is 2. The highest BCUT2D eigenvalue weighted by Gasteiger charge is 2.01. The van der Waals surface area contributed by atoms with Crippen LogP contribution in [0, 0.1) is 0 Å². The van der Waals surface area contributed by atoms with E-state index in [-0.39, 0.29) is 0 Å². The molecule has 0 amide bonds. The van der Waals surface area contributed by atoms with E-state index < -0.39 is 0 Å². The summed E-state index contributed by atoms with van der Waals surface area (Å²) in [5.41, 5.74) is 7.86. The van der Waals surface area contributed by atoms with Gasteiger partial charge in [0, 0.05) is 27.9 Å². The molecule has 2 aliphatic heterocycles. The molecule has 3 aromatic rings. The van der Waals surface area contributed by atoms with Gasteiger partial charge in [-0.1, -0.05) is 19.8 Å². The lowest BCUT2D eigenvalue weighted by atomic mass is 10.3. The van der Waals surface area contributed by atoms with Crippen LogP contribution in [0.4, 0.5) is 0 Å². The molecule has 0 unspecified atom stereocenters. The summed E-state index contributed by atoms with van der Waals surface area (Å²) in [6, 6.07) is 16.4. The fraction of sp³-hybridized carbons (Fsp3) is 0.200. The molecule has 0 aliphatic carbocycles. The summed E-state index contributed by atoms with van der Waals surface area (Å²) in [5, 5.41) is 0. The SMILES string of the molecule is C1=Cc2cc3ccc(cc4nc(cc5ccc(cc1n2)[nH]5)C=C4)[nH]3.CCCCCCl. The van der Waals surface area contributed by atoms with Gasteiger partial charge < -0.3 is 9.97 Å². The summed E-state index contributed by atoms with van der Waals surface area (Å²) < 4.78 is 0. The van der Waals surface area contributed by atoms with Gasteiger partial charge in [0.2, 0.25) is 0 Å². The van der Waals surface area contributed by atoms with Gasteiger partial charge in [-0.3, -0.25) is 0 Å². The number of aromatic nitrogens is 4. The molecule has 5 heteroatoms. The summed E-state index contributed by atoms with van der Waals surface area (Å²) in [6.07, 6.45) is 11.8. The minimum Gasteiger partial charge on any atom is -0.355 e. The topological polar surface area (TPSA) is 57.4 Å². The molecular weight excluding hydrogens is 392 g/mol. The highest BCUT2D eigenvalue weighted by molar-refractivity contribution is 6.17. The maximum absolute atomic E-state index is 5.38. The Kier molecular flexibility index (Phi) is 6.45. The first kappa shape index (κ1) is 20.2. The predicted octanol–water partition coefficient (Wildman–Crippen LogP) is 7.07. The number of aromatic amines is 2. The van der Waals surface area contributed by atoms with E-state index in [9.17, 15) is 0 Å². The Labute approximate surface area is 181 Å². The van der Waals surface area contributed by atoms with Crippen LogP contribution in [0.1, 0.15) is 49.0 Å². The third-order valence-electron chi connectivity index (χ3n) is 4.78. The van der Waals surface area contributed by atoms with Crippen LogP contribution in [0.2, 0.25) is 0 Å². The van der Waals surface area contributed by atoms with Crippen molar-refractivity contribution in [1.29, 1.82) is 0 Å². The summed E-state index contributed by atoms with van der Waals surface area (Å²) in [4.78, 5) is 16.0. The molecule has 0 saturated heterocycles. The molecule has 5 heterocycles. The molecule has 8 bridgehead atoms. The molecular formula is C25H25ClN4. The third-order valence-corrected chi connectivity index (χ3v) is 5.05. The number of nitrogens with one attached hydrogen (secondary N) is 2. The number of hydrogen-bond acceptors (Lipinski definition) is 2. The number of alkyl halides is 1. The number of nitrogens with zero attached hydrogens (tertiary/aromatic N) is 2. The smallest absolute Gasteiger partial charge is 0.0658 e. The molecule has 0 atom stereocenters. The van der Waals surface area contributed by atoms with Crippen LogP contribution in [-0.4, -0.2) is 25.8 Å². The quantitative estimate of drug-likeness (QED) is 0.244. The maximum atomic E-state index is 5.38. The van der Waals surface area contributed by atoms with Gasteiger partial charge >= 0.3 is 0 Å². The minimum absolute atomic E-state index is 0.827. The zero-order valence-electron chi connectivity index (χ0n) is 17.0. The molecule has 30 heavy (non-hydrogen) atoms.